The number of thioether (sulfide) groups is 1. The first-order chi connectivity index (χ1) is 7.85. The second-order valence-electron chi connectivity index (χ2n) is 3.83. The maximum Gasteiger partial charge on any atom is 0.0696 e. The van der Waals surface area contributed by atoms with Crippen LogP contribution >= 0.6 is 11.8 Å². The molecule has 2 rings (SSSR count). The second-order valence-corrected chi connectivity index (χ2v) is 4.71. The predicted molar refractivity (Wildman–Crippen MR) is 69.3 cm³/mol. The van der Waals surface area contributed by atoms with Gasteiger partial charge in [0.25, 0.3) is 0 Å². The Morgan fingerprint density at radius 2 is 2.00 bits per heavy atom. The molecule has 1 aromatic rings. The molecule has 0 spiro atoms. The van der Waals surface area contributed by atoms with Gasteiger partial charge in [-0.05, 0) is 54.4 Å². The zero-order valence-corrected chi connectivity index (χ0v) is 10.1. The molecular formula is C13H15NOS. The lowest BCUT2D eigenvalue weighted by molar-refractivity contribution is 0.321. The van der Waals surface area contributed by atoms with Crippen LogP contribution in [0.3, 0.4) is 0 Å². The summed E-state index contributed by atoms with van der Waals surface area (Å²) >= 11 is 1.75. The summed E-state index contributed by atoms with van der Waals surface area (Å²) in [5.74, 6) is 0. The van der Waals surface area contributed by atoms with Gasteiger partial charge in [-0.15, -0.1) is 11.8 Å². The van der Waals surface area contributed by atoms with Gasteiger partial charge in [-0.25, -0.2) is 0 Å². The van der Waals surface area contributed by atoms with Crippen molar-refractivity contribution >= 4 is 23.5 Å². The Hall–Kier alpha value is -1.22. The third-order valence-corrected chi connectivity index (χ3v) is 3.66. The molecule has 0 aliphatic heterocycles. The van der Waals surface area contributed by atoms with Crippen molar-refractivity contribution in [3.8, 4) is 0 Å². The van der Waals surface area contributed by atoms with E-state index in [-0.39, 0.29) is 0 Å². The largest absolute Gasteiger partial charge is 0.411 e. The average Bonchev–Trinajstić information content (AvgIpc) is 2.78. The van der Waals surface area contributed by atoms with E-state index >= 15 is 0 Å². The van der Waals surface area contributed by atoms with Crippen LogP contribution in [0.25, 0.3) is 5.57 Å². The smallest absolute Gasteiger partial charge is 0.0696 e. The average molecular weight is 233 g/mol. The van der Waals surface area contributed by atoms with Gasteiger partial charge in [-0.1, -0.05) is 17.3 Å². The molecule has 0 fully saturated rings. The Morgan fingerprint density at radius 3 is 2.62 bits per heavy atom. The molecule has 2 nitrogen and oxygen atoms in total. The Labute approximate surface area is 100 Å². The van der Waals surface area contributed by atoms with Gasteiger partial charge in [0, 0.05) is 4.90 Å². The SMILES string of the molecule is CSc1ccc(C2=C(C=NO)CCC2)cc1. The van der Waals surface area contributed by atoms with Crippen molar-refractivity contribution in [1.82, 2.24) is 0 Å². The lowest BCUT2D eigenvalue weighted by atomic mass is 10.0. The van der Waals surface area contributed by atoms with Crippen LogP contribution in [0.1, 0.15) is 24.8 Å². The fourth-order valence-corrected chi connectivity index (χ4v) is 2.51. The fraction of sp³-hybridized carbons (Fsp3) is 0.308. The molecule has 0 bridgehead atoms. The summed E-state index contributed by atoms with van der Waals surface area (Å²) < 4.78 is 0. The van der Waals surface area contributed by atoms with Crippen LogP contribution in [-0.2, 0) is 0 Å². The van der Waals surface area contributed by atoms with Gasteiger partial charge >= 0.3 is 0 Å². The number of nitrogens with zero attached hydrogens (tertiary/aromatic N) is 1. The minimum atomic E-state index is 1.02. The summed E-state index contributed by atoms with van der Waals surface area (Å²) in [5.41, 5.74) is 3.75. The molecule has 0 amide bonds. The summed E-state index contributed by atoms with van der Waals surface area (Å²) in [4.78, 5) is 1.28. The number of benzene rings is 1. The Kier molecular flexibility index (Phi) is 3.67. The molecule has 0 heterocycles. The highest BCUT2D eigenvalue weighted by molar-refractivity contribution is 7.98. The minimum Gasteiger partial charge on any atom is -0.411 e. The van der Waals surface area contributed by atoms with E-state index in [4.69, 9.17) is 5.21 Å². The molecule has 84 valence electrons. The standard InChI is InChI=1S/C13H15NOS/c1-16-12-7-5-10(6-8-12)13-4-2-3-11(13)9-14-15/h5-9,15H,2-4H2,1H3. The van der Waals surface area contributed by atoms with Gasteiger partial charge < -0.3 is 5.21 Å². The molecule has 0 saturated carbocycles. The molecule has 1 aliphatic carbocycles. The molecule has 0 saturated heterocycles. The number of allylic oxidation sites excluding steroid dienone is 2. The van der Waals surface area contributed by atoms with E-state index < -0.39 is 0 Å². The van der Waals surface area contributed by atoms with Crippen molar-refractivity contribution in [3.05, 3.63) is 35.4 Å². The summed E-state index contributed by atoms with van der Waals surface area (Å²) in [6.45, 7) is 0. The van der Waals surface area contributed by atoms with E-state index in [9.17, 15) is 0 Å². The molecule has 1 N–H and O–H groups in total. The molecule has 0 atom stereocenters. The quantitative estimate of drug-likeness (QED) is 0.373. The molecular weight excluding hydrogens is 218 g/mol. The van der Waals surface area contributed by atoms with Gasteiger partial charge in [0.05, 0.1) is 6.21 Å². The number of hydrogen-bond donors (Lipinski definition) is 1. The van der Waals surface area contributed by atoms with Gasteiger partial charge in [0.15, 0.2) is 0 Å². The molecule has 3 heteroatoms. The monoisotopic (exact) mass is 233 g/mol. The molecule has 1 aliphatic rings. The van der Waals surface area contributed by atoms with E-state index in [1.165, 1.54) is 21.6 Å². The Balaban J connectivity index is 2.32. The Morgan fingerprint density at radius 1 is 1.25 bits per heavy atom. The lowest BCUT2D eigenvalue weighted by Crippen LogP contribution is -1.86. The molecule has 0 unspecified atom stereocenters. The topological polar surface area (TPSA) is 32.6 Å². The summed E-state index contributed by atoms with van der Waals surface area (Å²) in [7, 11) is 0. The molecule has 0 aromatic heterocycles. The first-order valence-corrected chi connectivity index (χ1v) is 6.61. The Bertz CT molecular complexity index is 420. The molecule has 16 heavy (non-hydrogen) atoms. The van der Waals surface area contributed by atoms with Gasteiger partial charge in [0.1, 0.15) is 0 Å². The van der Waals surface area contributed by atoms with Gasteiger partial charge in [-0.3, -0.25) is 0 Å². The maximum atomic E-state index is 8.61. The lowest BCUT2D eigenvalue weighted by Gasteiger charge is -2.05. The van der Waals surface area contributed by atoms with Crippen LogP contribution in [-0.4, -0.2) is 17.7 Å². The van der Waals surface area contributed by atoms with Crippen LogP contribution in [0.15, 0.2) is 39.9 Å². The van der Waals surface area contributed by atoms with E-state index in [1.807, 2.05) is 0 Å². The second kappa shape index (κ2) is 5.21. The fourth-order valence-electron chi connectivity index (χ4n) is 2.10. The number of hydrogen-bond acceptors (Lipinski definition) is 3. The molecule has 0 radical (unpaired) electrons. The van der Waals surface area contributed by atoms with Crippen LogP contribution < -0.4 is 0 Å². The van der Waals surface area contributed by atoms with E-state index in [2.05, 4.69) is 35.7 Å². The zero-order chi connectivity index (χ0) is 11.4. The van der Waals surface area contributed by atoms with Crippen molar-refractivity contribution in [2.24, 2.45) is 5.16 Å². The highest BCUT2D eigenvalue weighted by Crippen LogP contribution is 2.33. The minimum absolute atomic E-state index is 1.02. The van der Waals surface area contributed by atoms with Crippen molar-refractivity contribution in [1.29, 1.82) is 0 Å². The van der Waals surface area contributed by atoms with Gasteiger partial charge in [-0.2, -0.15) is 0 Å². The highest BCUT2D eigenvalue weighted by Gasteiger charge is 2.14. The van der Waals surface area contributed by atoms with Crippen LogP contribution in [0.5, 0.6) is 0 Å². The highest BCUT2D eigenvalue weighted by atomic mass is 32.2. The van der Waals surface area contributed by atoms with Crippen LogP contribution in [0, 0.1) is 0 Å². The summed E-state index contributed by atoms with van der Waals surface area (Å²) in [6.07, 6.45) is 6.91. The first-order valence-electron chi connectivity index (χ1n) is 5.39. The van der Waals surface area contributed by atoms with Crippen molar-refractivity contribution < 1.29 is 5.21 Å². The number of rotatable bonds is 3. The first kappa shape index (κ1) is 11.3. The summed E-state index contributed by atoms with van der Waals surface area (Å²) in [6, 6.07) is 8.58. The number of oxime groups is 1. The van der Waals surface area contributed by atoms with Crippen LogP contribution in [0.4, 0.5) is 0 Å². The van der Waals surface area contributed by atoms with Gasteiger partial charge in [0.2, 0.25) is 0 Å². The van der Waals surface area contributed by atoms with Crippen molar-refractivity contribution in [2.75, 3.05) is 6.26 Å². The maximum absolute atomic E-state index is 8.61. The van der Waals surface area contributed by atoms with E-state index in [0.29, 0.717) is 0 Å². The van der Waals surface area contributed by atoms with E-state index in [1.54, 1.807) is 18.0 Å². The van der Waals surface area contributed by atoms with Crippen molar-refractivity contribution in [3.63, 3.8) is 0 Å². The predicted octanol–water partition coefficient (Wildman–Crippen LogP) is 3.81. The van der Waals surface area contributed by atoms with E-state index in [0.717, 1.165) is 19.3 Å². The third-order valence-electron chi connectivity index (χ3n) is 2.91. The van der Waals surface area contributed by atoms with Crippen LogP contribution in [0.2, 0.25) is 0 Å². The third kappa shape index (κ3) is 2.30. The normalized spacial score (nSPS) is 16.3. The van der Waals surface area contributed by atoms with Crippen molar-refractivity contribution in [2.45, 2.75) is 24.2 Å². The summed E-state index contributed by atoms with van der Waals surface area (Å²) in [5, 5.41) is 11.7. The zero-order valence-electron chi connectivity index (χ0n) is 9.31. The molecule has 1 aromatic carbocycles.